The summed E-state index contributed by atoms with van der Waals surface area (Å²) < 4.78 is 1.67. The molecule has 3 aromatic heterocycles. The number of pyridine rings is 1. The van der Waals surface area contributed by atoms with Crippen LogP contribution >= 0.6 is 0 Å². The fourth-order valence-corrected chi connectivity index (χ4v) is 4.10. The van der Waals surface area contributed by atoms with E-state index in [1.54, 1.807) is 17.0 Å². The van der Waals surface area contributed by atoms with E-state index in [4.69, 9.17) is 0 Å². The molecule has 0 spiro atoms. The van der Waals surface area contributed by atoms with Crippen LogP contribution in [0.4, 0.5) is 17.3 Å². The van der Waals surface area contributed by atoms with E-state index in [0.29, 0.717) is 0 Å². The summed E-state index contributed by atoms with van der Waals surface area (Å²) >= 11 is 0. The summed E-state index contributed by atoms with van der Waals surface area (Å²) in [5, 5.41) is 15.4. The Morgan fingerprint density at radius 3 is 2.48 bits per heavy atom. The van der Waals surface area contributed by atoms with Gasteiger partial charge in [0, 0.05) is 32.1 Å². The predicted molar refractivity (Wildman–Crippen MR) is 110 cm³/mol. The van der Waals surface area contributed by atoms with E-state index >= 15 is 0 Å². The highest BCUT2D eigenvalue weighted by Crippen LogP contribution is 2.24. The van der Waals surface area contributed by atoms with E-state index in [0.717, 1.165) is 62.0 Å². The second-order valence-electron chi connectivity index (χ2n) is 7.68. The zero-order valence-corrected chi connectivity index (χ0v) is 16.2. The first-order valence-corrected chi connectivity index (χ1v) is 10.2. The highest BCUT2D eigenvalue weighted by atomic mass is 16.1. The van der Waals surface area contributed by atoms with Crippen molar-refractivity contribution in [1.29, 1.82) is 0 Å². The number of anilines is 3. The minimum atomic E-state index is 0.00292. The Balaban J connectivity index is 1.16. The largest absolute Gasteiger partial charge is 0.357 e. The van der Waals surface area contributed by atoms with Crippen LogP contribution in [-0.4, -0.2) is 56.9 Å². The first-order valence-electron chi connectivity index (χ1n) is 10.2. The fraction of sp³-hybridized carbons (Fsp3) is 0.450. The molecule has 0 aromatic carbocycles. The van der Waals surface area contributed by atoms with Gasteiger partial charge in [0.25, 0.3) is 0 Å². The van der Waals surface area contributed by atoms with Crippen molar-refractivity contribution in [2.75, 3.05) is 41.3 Å². The molecule has 9 nitrogen and oxygen atoms in total. The summed E-state index contributed by atoms with van der Waals surface area (Å²) in [4.78, 5) is 21.7. The molecule has 1 amide bonds. The molecule has 0 bridgehead atoms. The van der Waals surface area contributed by atoms with Crippen LogP contribution in [0.25, 0.3) is 5.65 Å². The molecule has 9 heteroatoms. The van der Waals surface area contributed by atoms with Gasteiger partial charge >= 0.3 is 0 Å². The van der Waals surface area contributed by atoms with Crippen molar-refractivity contribution in [2.45, 2.75) is 25.7 Å². The van der Waals surface area contributed by atoms with Crippen molar-refractivity contribution in [3.63, 3.8) is 0 Å². The molecule has 3 aromatic rings. The second-order valence-corrected chi connectivity index (χ2v) is 7.68. The molecule has 0 unspecified atom stereocenters. The molecule has 2 aliphatic heterocycles. The maximum atomic E-state index is 12.7. The lowest BCUT2D eigenvalue weighted by Gasteiger charge is -2.32. The molecular weight excluding hydrogens is 368 g/mol. The molecule has 2 aliphatic rings. The molecule has 2 fully saturated rings. The van der Waals surface area contributed by atoms with Gasteiger partial charge in [0.05, 0.1) is 11.9 Å². The molecule has 5 heterocycles. The molecule has 0 aliphatic carbocycles. The molecule has 1 N–H and O–H groups in total. The molecule has 150 valence electrons. The number of nitrogens with zero attached hydrogens (tertiary/aromatic N) is 7. The van der Waals surface area contributed by atoms with E-state index in [-0.39, 0.29) is 11.8 Å². The van der Waals surface area contributed by atoms with E-state index in [1.165, 1.54) is 12.8 Å². The molecular formula is C20H24N8O. The Hall–Kier alpha value is -3.23. The van der Waals surface area contributed by atoms with Gasteiger partial charge in [-0.25, -0.2) is 4.98 Å². The predicted octanol–water partition coefficient (Wildman–Crippen LogP) is 1.97. The van der Waals surface area contributed by atoms with Gasteiger partial charge in [-0.05, 0) is 49.9 Å². The standard InChI is InChI=1S/C20H24N8O/c29-20(23-16-3-4-17(21-13-16)26-9-1-2-10-26)15-7-11-27(12-8-15)19-6-5-18-24-22-14-28(18)25-19/h3-6,13-15H,1-2,7-12H2,(H,23,29). The number of amides is 1. The summed E-state index contributed by atoms with van der Waals surface area (Å²) in [5.74, 6) is 1.95. The average molecular weight is 392 g/mol. The van der Waals surface area contributed by atoms with Crippen LogP contribution in [0.15, 0.2) is 36.8 Å². The average Bonchev–Trinajstić information content (AvgIpc) is 3.46. The maximum absolute atomic E-state index is 12.7. The normalized spacial score (nSPS) is 17.8. The lowest BCUT2D eigenvalue weighted by molar-refractivity contribution is -0.120. The van der Waals surface area contributed by atoms with Gasteiger partial charge in [0.2, 0.25) is 5.91 Å². The topological polar surface area (TPSA) is 91.5 Å². The maximum Gasteiger partial charge on any atom is 0.227 e. The first kappa shape index (κ1) is 17.8. The highest BCUT2D eigenvalue weighted by Gasteiger charge is 2.26. The number of carbonyl (C=O) groups excluding carboxylic acids is 1. The van der Waals surface area contributed by atoms with E-state index in [9.17, 15) is 4.79 Å². The van der Waals surface area contributed by atoms with Gasteiger partial charge in [-0.3, -0.25) is 4.79 Å². The number of nitrogens with one attached hydrogen (secondary N) is 1. The monoisotopic (exact) mass is 392 g/mol. The molecule has 0 saturated carbocycles. The quantitative estimate of drug-likeness (QED) is 0.726. The highest BCUT2D eigenvalue weighted by molar-refractivity contribution is 5.92. The third kappa shape index (κ3) is 3.72. The number of fused-ring (bicyclic) bond motifs is 1. The van der Waals surface area contributed by atoms with Gasteiger partial charge in [-0.1, -0.05) is 0 Å². The minimum Gasteiger partial charge on any atom is -0.357 e. The smallest absolute Gasteiger partial charge is 0.227 e. The Labute approximate surface area is 168 Å². The number of hydrogen-bond donors (Lipinski definition) is 1. The lowest BCUT2D eigenvalue weighted by atomic mass is 9.96. The zero-order chi connectivity index (χ0) is 19.6. The van der Waals surface area contributed by atoms with Crippen molar-refractivity contribution in [1.82, 2.24) is 24.8 Å². The van der Waals surface area contributed by atoms with Crippen LogP contribution in [0.1, 0.15) is 25.7 Å². The van der Waals surface area contributed by atoms with Gasteiger partial charge in [-0.15, -0.1) is 15.3 Å². The van der Waals surface area contributed by atoms with E-state index in [2.05, 4.69) is 35.4 Å². The van der Waals surface area contributed by atoms with Crippen LogP contribution in [0.2, 0.25) is 0 Å². The summed E-state index contributed by atoms with van der Waals surface area (Å²) in [7, 11) is 0. The first-order chi connectivity index (χ1) is 14.3. The van der Waals surface area contributed by atoms with Gasteiger partial charge in [0.15, 0.2) is 5.65 Å². The number of aromatic nitrogens is 5. The zero-order valence-electron chi connectivity index (χ0n) is 16.2. The molecule has 5 rings (SSSR count). The van der Waals surface area contributed by atoms with Crippen LogP contribution in [-0.2, 0) is 4.79 Å². The number of carbonyl (C=O) groups is 1. The Kier molecular flexibility index (Phi) is 4.71. The Morgan fingerprint density at radius 1 is 0.966 bits per heavy atom. The van der Waals surface area contributed by atoms with E-state index in [1.807, 2.05) is 24.3 Å². The summed E-state index contributed by atoms with van der Waals surface area (Å²) in [6.07, 6.45) is 7.41. The SMILES string of the molecule is O=C(Nc1ccc(N2CCCC2)nc1)C1CCN(c2ccc3nncn3n2)CC1. The van der Waals surface area contributed by atoms with Gasteiger partial charge < -0.3 is 15.1 Å². The summed E-state index contributed by atoms with van der Waals surface area (Å²) in [6, 6.07) is 7.81. The Morgan fingerprint density at radius 2 is 1.72 bits per heavy atom. The second kappa shape index (κ2) is 7.65. The van der Waals surface area contributed by atoms with Crippen molar-refractivity contribution < 1.29 is 4.79 Å². The van der Waals surface area contributed by atoms with Crippen LogP contribution in [0.3, 0.4) is 0 Å². The van der Waals surface area contributed by atoms with Gasteiger partial charge in [-0.2, -0.15) is 4.52 Å². The van der Waals surface area contributed by atoms with Crippen LogP contribution in [0.5, 0.6) is 0 Å². The lowest BCUT2D eigenvalue weighted by Crippen LogP contribution is -2.38. The van der Waals surface area contributed by atoms with E-state index < -0.39 is 0 Å². The van der Waals surface area contributed by atoms with Crippen molar-refractivity contribution in [2.24, 2.45) is 5.92 Å². The van der Waals surface area contributed by atoms with Crippen molar-refractivity contribution >= 4 is 28.9 Å². The Bertz CT molecular complexity index is 987. The number of piperidine rings is 1. The number of hydrogen-bond acceptors (Lipinski definition) is 7. The van der Waals surface area contributed by atoms with Crippen LogP contribution < -0.4 is 15.1 Å². The fourth-order valence-electron chi connectivity index (χ4n) is 4.10. The molecule has 2 saturated heterocycles. The summed E-state index contributed by atoms with van der Waals surface area (Å²) in [6.45, 7) is 3.72. The third-order valence-corrected chi connectivity index (χ3v) is 5.78. The molecule has 0 radical (unpaired) electrons. The molecule has 0 atom stereocenters. The van der Waals surface area contributed by atoms with Crippen LogP contribution in [0, 0.1) is 5.92 Å². The van der Waals surface area contributed by atoms with Gasteiger partial charge in [0.1, 0.15) is 18.0 Å². The van der Waals surface area contributed by atoms with Crippen molar-refractivity contribution in [3.8, 4) is 0 Å². The third-order valence-electron chi connectivity index (χ3n) is 5.78. The number of rotatable bonds is 4. The molecule has 29 heavy (non-hydrogen) atoms. The summed E-state index contributed by atoms with van der Waals surface area (Å²) in [5.41, 5.74) is 1.49. The van der Waals surface area contributed by atoms with Crippen molar-refractivity contribution in [3.05, 3.63) is 36.8 Å². The minimum absolute atomic E-state index is 0.00292.